The van der Waals surface area contributed by atoms with Crippen molar-refractivity contribution >= 4 is 38.9 Å². The number of carbonyl (C=O) groups is 3. The van der Waals surface area contributed by atoms with E-state index >= 15 is 0 Å². The van der Waals surface area contributed by atoms with Crippen LogP contribution in [-0.4, -0.2) is 74.4 Å². The van der Waals surface area contributed by atoms with Crippen LogP contribution in [0.4, 0.5) is 10.5 Å². The van der Waals surface area contributed by atoms with Gasteiger partial charge in [0.2, 0.25) is 5.91 Å². The van der Waals surface area contributed by atoms with Crippen LogP contribution in [0.2, 0.25) is 0 Å². The number of hydrogen-bond donors (Lipinski definition) is 4. The third-order valence-corrected chi connectivity index (χ3v) is 12.1. The third kappa shape index (κ3) is 9.58. The molecule has 1 aromatic rings. The fraction of sp³-hybridized carbons (Fsp3) is 0.688. The van der Waals surface area contributed by atoms with Crippen LogP contribution in [0.1, 0.15) is 100 Å². The van der Waals surface area contributed by atoms with E-state index in [1.165, 1.54) is 30.4 Å². The van der Waals surface area contributed by atoms with Crippen LogP contribution in [0.25, 0.3) is 0 Å². The largest absolute Gasteiger partial charge is 0.370 e. The molecule has 0 aliphatic carbocycles. The number of hydrogen-bond acceptors (Lipinski definition) is 5. The number of benzene rings is 1. The van der Waals surface area contributed by atoms with Crippen molar-refractivity contribution in [1.29, 1.82) is 0 Å². The van der Waals surface area contributed by atoms with Crippen molar-refractivity contribution in [2.24, 2.45) is 16.5 Å². The summed E-state index contributed by atoms with van der Waals surface area (Å²) in [5.74, 6) is 0.511. The van der Waals surface area contributed by atoms with Gasteiger partial charge in [-0.3, -0.25) is 24.0 Å². The lowest BCUT2D eigenvalue weighted by Gasteiger charge is -2.52. The molecule has 2 aliphatic rings. The molecule has 2 heterocycles. The molecule has 0 aromatic heterocycles. The molecular formula is C32H54N6O5S. The predicted molar refractivity (Wildman–Crippen MR) is 178 cm³/mol. The highest BCUT2D eigenvalue weighted by molar-refractivity contribution is 8.12. The summed E-state index contributed by atoms with van der Waals surface area (Å²) in [7, 11) is -2.53. The molecule has 2 aliphatic heterocycles. The molecule has 0 bridgehead atoms. The van der Waals surface area contributed by atoms with Gasteiger partial charge in [0.1, 0.15) is 11.4 Å². The SMILES string of the molecule is Cc1cc(N(C)C(N)=O)cc(C)c1CCS(C)(=O)(O)N1CCC2(CC1)N=C(CCCCCCCCCCCC(N)=O)NC2=O. The summed E-state index contributed by atoms with van der Waals surface area (Å²) in [4.78, 5) is 41.5. The van der Waals surface area contributed by atoms with Crippen LogP contribution in [0, 0.1) is 13.8 Å². The number of rotatable bonds is 17. The van der Waals surface area contributed by atoms with Crippen molar-refractivity contribution in [3.8, 4) is 0 Å². The fourth-order valence-electron chi connectivity index (χ4n) is 6.35. The quantitative estimate of drug-likeness (QED) is 0.187. The Hall–Kier alpha value is -2.83. The zero-order valence-corrected chi connectivity index (χ0v) is 28.0. The highest BCUT2D eigenvalue weighted by Crippen LogP contribution is 2.37. The standard InChI is InChI=1S/C32H54N6O5S/c1-24-22-26(37(3)31(34)41)23-25(2)27(24)16-21-44(4,42,43)38-19-17-32(18-20-38)30(40)35-29(36-32)15-13-11-9-7-5-6-8-10-12-14-28(33)39/h22-23H,5-21H2,1-4H3,(H2,33,39)(H2,34,41)(H,42,43)(H,35,36,40). The van der Waals surface area contributed by atoms with Gasteiger partial charge >= 0.3 is 6.03 Å². The number of unbranched alkanes of at least 4 members (excludes halogenated alkanes) is 8. The van der Waals surface area contributed by atoms with Gasteiger partial charge in [0.05, 0.1) is 5.75 Å². The maximum absolute atomic E-state index is 14.0. The number of nitrogens with two attached hydrogens (primary N) is 2. The number of nitrogens with one attached hydrogen (secondary N) is 1. The molecular weight excluding hydrogens is 580 g/mol. The van der Waals surface area contributed by atoms with Crippen LogP contribution in [0.5, 0.6) is 0 Å². The lowest BCUT2D eigenvalue weighted by Crippen LogP contribution is -2.59. The Labute approximate surface area is 262 Å². The molecule has 6 N–H and O–H groups in total. The number of carbonyl (C=O) groups excluding carboxylic acids is 3. The van der Waals surface area contributed by atoms with E-state index in [2.05, 4.69) is 5.32 Å². The average Bonchev–Trinajstić information content (AvgIpc) is 3.24. The van der Waals surface area contributed by atoms with E-state index in [1.807, 2.05) is 26.0 Å². The predicted octanol–water partition coefficient (Wildman–Crippen LogP) is 4.34. The van der Waals surface area contributed by atoms with E-state index < -0.39 is 21.1 Å². The molecule has 11 nitrogen and oxygen atoms in total. The topological polar surface area (TPSA) is 171 Å². The molecule has 248 valence electrons. The minimum Gasteiger partial charge on any atom is -0.370 e. The summed E-state index contributed by atoms with van der Waals surface area (Å²) < 4.78 is 27.1. The molecule has 0 atom stereocenters. The number of aliphatic imine (C=N–C) groups is 1. The van der Waals surface area contributed by atoms with Crippen LogP contribution >= 0.6 is 0 Å². The summed E-state index contributed by atoms with van der Waals surface area (Å²) in [5.41, 5.74) is 13.3. The summed E-state index contributed by atoms with van der Waals surface area (Å²) in [6, 6.07) is 3.19. The number of piperidine rings is 1. The summed E-state index contributed by atoms with van der Waals surface area (Å²) >= 11 is 0. The molecule has 1 spiro atoms. The average molecular weight is 635 g/mol. The van der Waals surface area contributed by atoms with Crippen LogP contribution in [-0.2, 0) is 25.5 Å². The van der Waals surface area contributed by atoms with Crippen LogP contribution in [0.3, 0.4) is 0 Å². The number of amides is 4. The van der Waals surface area contributed by atoms with Crippen molar-refractivity contribution in [2.75, 3.05) is 37.0 Å². The number of anilines is 1. The molecule has 0 radical (unpaired) electrons. The maximum Gasteiger partial charge on any atom is 0.318 e. The van der Waals surface area contributed by atoms with E-state index in [-0.39, 0.29) is 17.6 Å². The molecule has 1 saturated heterocycles. The first-order valence-electron chi connectivity index (χ1n) is 16.1. The normalized spacial score (nSPS) is 17.6. The van der Waals surface area contributed by atoms with E-state index in [0.717, 1.165) is 67.5 Å². The Morgan fingerprint density at radius 1 is 0.977 bits per heavy atom. The van der Waals surface area contributed by atoms with Gasteiger partial charge in [0, 0.05) is 44.9 Å². The second-order valence-corrected chi connectivity index (χ2v) is 16.7. The van der Waals surface area contributed by atoms with Gasteiger partial charge in [0.25, 0.3) is 5.91 Å². The Kier molecular flexibility index (Phi) is 12.1. The molecule has 1 aromatic carbocycles. The summed E-state index contributed by atoms with van der Waals surface area (Å²) in [6.07, 6.45) is 13.8. The number of urea groups is 1. The second-order valence-electron chi connectivity index (χ2n) is 13.0. The fourth-order valence-corrected chi connectivity index (χ4v) is 8.40. The first-order chi connectivity index (χ1) is 20.6. The van der Waals surface area contributed by atoms with Crippen LogP contribution in [0.15, 0.2) is 17.1 Å². The van der Waals surface area contributed by atoms with Gasteiger partial charge < -0.3 is 16.8 Å². The minimum absolute atomic E-state index is 0.0763. The van der Waals surface area contributed by atoms with Gasteiger partial charge in [-0.25, -0.2) is 9.10 Å². The third-order valence-electron chi connectivity index (χ3n) is 9.30. The van der Waals surface area contributed by atoms with E-state index in [0.29, 0.717) is 44.5 Å². The van der Waals surface area contributed by atoms with Gasteiger partial charge in [-0.05, 0) is 74.8 Å². The summed E-state index contributed by atoms with van der Waals surface area (Å²) in [6.45, 7) is 4.52. The minimum atomic E-state index is -4.14. The number of primary amides is 2. The highest BCUT2D eigenvalue weighted by Gasteiger charge is 2.48. The number of nitrogens with zero attached hydrogens (tertiary/aromatic N) is 3. The van der Waals surface area contributed by atoms with Gasteiger partial charge in [-0.2, -0.15) is 4.21 Å². The Morgan fingerprint density at radius 3 is 2.02 bits per heavy atom. The molecule has 0 unspecified atom stereocenters. The number of amidine groups is 1. The molecule has 44 heavy (non-hydrogen) atoms. The lowest BCUT2D eigenvalue weighted by atomic mass is 9.89. The van der Waals surface area contributed by atoms with Crippen molar-refractivity contribution in [2.45, 2.75) is 109 Å². The highest BCUT2D eigenvalue weighted by atomic mass is 32.3. The molecule has 3 rings (SSSR count). The van der Waals surface area contributed by atoms with E-state index in [1.54, 1.807) is 11.4 Å². The zero-order valence-electron chi connectivity index (χ0n) is 27.2. The number of aryl methyl sites for hydroxylation is 2. The van der Waals surface area contributed by atoms with E-state index in [9.17, 15) is 23.1 Å². The van der Waals surface area contributed by atoms with Crippen molar-refractivity contribution in [3.63, 3.8) is 0 Å². The molecule has 4 amide bonds. The zero-order chi connectivity index (χ0) is 32.6. The Bertz CT molecular complexity index is 1270. The van der Waals surface area contributed by atoms with E-state index in [4.69, 9.17) is 16.5 Å². The lowest BCUT2D eigenvalue weighted by molar-refractivity contribution is -0.125. The molecule has 1 fully saturated rings. The van der Waals surface area contributed by atoms with Crippen molar-refractivity contribution in [1.82, 2.24) is 9.62 Å². The Balaban J connectivity index is 1.45. The molecule has 12 heteroatoms. The first kappa shape index (κ1) is 35.6. The first-order valence-corrected chi connectivity index (χ1v) is 18.5. The smallest absolute Gasteiger partial charge is 0.318 e. The monoisotopic (exact) mass is 634 g/mol. The second kappa shape index (κ2) is 15.0. The summed E-state index contributed by atoms with van der Waals surface area (Å²) in [5, 5.41) is 2.99. The van der Waals surface area contributed by atoms with Crippen LogP contribution < -0.4 is 21.7 Å². The van der Waals surface area contributed by atoms with Gasteiger partial charge in [0.15, 0.2) is 0 Å². The van der Waals surface area contributed by atoms with Gasteiger partial charge in [-0.15, -0.1) is 9.53 Å². The van der Waals surface area contributed by atoms with Crippen molar-refractivity contribution < 1.29 is 23.1 Å². The maximum atomic E-state index is 14.0. The van der Waals surface area contributed by atoms with Crippen molar-refractivity contribution in [3.05, 3.63) is 28.8 Å². The Morgan fingerprint density at radius 2 is 1.50 bits per heavy atom. The van der Waals surface area contributed by atoms with Gasteiger partial charge in [-0.1, -0.05) is 44.9 Å². The molecule has 0 saturated carbocycles.